The first-order chi connectivity index (χ1) is 4.79. The molecule has 0 unspecified atom stereocenters. The van der Waals surface area contributed by atoms with Crippen LogP contribution in [0.3, 0.4) is 0 Å². The summed E-state index contributed by atoms with van der Waals surface area (Å²) < 4.78 is 0. The van der Waals surface area contributed by atoms with Crippen LogP contribution in [0, 0.1) is 0 Å². The van der Waals surface area contributed by atoms with Crippen molar-refractivity contribution in [3.05, 3.63) is 12.3 Å². The van der Waals surface area contributed by atoms with Crippen LogP contribution in [-0.2, 0) is 0 Å². The lowest BCUT2D eigenvalue weighted by Crippen LogP contribution is -2.47. The molecular formula is C5H10N4S. The maximum absolute atomic E-state index is 5.24. The minimum Gasteiger partial charge on any atom is -0.375 e. The fourth-order valence-electron chi connectivity index (χ4n) is 0.719. The molecule has 0 radical (unpaired) electrons. The largest absolute Gasteiger partial charge is 0.375 e. The van der Waals surface area contributed by atoms with Crippen molar-refractivity contribution >= 4 is 17.3 Å². The Labute approximate surface area is 65.0 Å². The van der Waals surface area contributed by atoms with Crippen LogP contribution >= 0.6 is 12.2 Å². The number of rotatable bonds is 1. The van der Waals surface area contributed by atoms with E-state index in [9.17, 15) is 0 Å². The van der Waals surface area contributed by atoms with Gasteiger partial charge in [0.2, 0.25) is 0 Å². The van der Waals surface area contributed by atoms with Gasteiger partial charge in [-0.3, -0.25) is 15.8 Å². The van der Waals surface area contributed by atoms with Gasteiger partial charge in [-0.05, 0) is 12.2 Å². The molecule has 0 amide bonds. The van der Waals surface area contributed by atoms with Gasteiger partial charge >= 0.3 is 0 Å². The number of nitrogens with two attached hydrogens (primary N) is 1. The van der Waals surface area contributed by atoms with Gasteiger partial charge in [-0.1, -0.05) is 6.08 Å². The average molecular weight is 158 g/mol. The Bertz CT molecular complexity index is 156. The molecule has 1 aliphatic rings. The molecular weight excluding hydrogens is 148 g/mol. The lowest BCUT2D eigenvalue weighted by Gasteiger charge is -2.24. The molecule has 4 N–H and O–H groups in total. The van der Waals surface area contributed by atoms with Gasteiger partial charge in [0.05, 0.1) is 6.67 Å². The molecule has 4 nitrogen and oxygen atoms in total. The van der Waals surface area contributed by atoms with E-state index in [1.165, 1.54) is 0 Å². The molecule has 10 heavy (non-hydrogen) atoms. The van der Waals surface area contributed by atoms with Crippen molar-refractivity contribution in [3.8, 4) is 0 Å². The Morgan fingerprint density at radius 2 is 2.60 bits per heavy atom. The smallest absolute Gasteiger partial charge is 0.182 e. The molecule has 0 aromatic rings. The molecule has 56 valence electrons. The van der Waals surface area contributed by atoms with Gasteiger partial charge in [0.1, 0.15) is 0 Å². The average Bonchev–Trinajstić information content (AvgIpc) is 1.88. The summed E-state index contributed by atoms with van der Waals surface area (Å²) >= 11 is 4.64. The molecule has 0 aliphatic carbocycles. The van der Waals surface area contributed by atoms with Crippen LogP contribution in [-0.4, -0.2) is 23.3 Å². The second-order valence-electron chi connectivity index (χ2n) is 1.94. The topological polar surface area (TPSA) is 53.3 Å². The van der Waals surface area contributed by atoms with Crippen LogP contribution in [0.4, 0.5) is 0 Å². The summed E-state index contributed by atoms with van der Waals surface area (Å²) in [7, 11) is 0. The Morgan fingerprint density at radius 1 is 1.80 bits per heavy atom. The van der Waals surface area contributed by atoms with Gasteiger partial charge in [0, 0.05) is 12.7 Å². The summed E-state index contributed by atoms with van der Waals surface area (Å²) in [6, 6.07) is 0. The number of hydrogen-bond acceptors (Lipinski definition) is 3. The van der Waals surface area contributed by atoms with E-state index in [4.69, 9.17) is 5.73 Å². The third-order valence-corrected chi connectivity index (χ3v) is 1.17. The molecule has 1 heterocycles. The van der Waals surface area contributed by atoms with E-state index < -0.39 is 0 Å². The van der Waals surface area contributed by atoms with Crippen molar-refractivity contribution in [2.45, 2.75) is 0 Å². The van der Waals surface area contributed by atoms with Crippen LogP contribution in [0.15, 0.2) is 12.3 Å². The van der Waals surface area contributed by atoms with Crippen molar-refractivity contribution in [1.29, 1.82) is 0 Å². The van der Waals surface area contributed by atoms with E-state index >= 15 is 0 Å². The standard InChI is InChI=1S/C5H10N4S/c6-5(10)8-9-3-1-2-7-4-9/h1,3,7H,2,4H2,(H3,6,8,10). The van der Waals surface area contributed by atoms with Gasteiger partial charge in [-0.25, -0.2) is 0 Å². The monoisotopic (exact) mass is 158 g/mol. The highest BCUT2D eigenvalue weighted by Crippen LogP contribution is 1.86. The first-order valence-corrected chi connectivity index (χ1v) is 3.40. The highest BCUT2D eigenvalue weighted by molar-refractivity contribution is 7.80. The summed E-state index contributed by atoms with van der Waals surface area (Å²) in [5, 5.41) is 5.17. The number of hydrazine groups is 1. The second-order valence-corrected chi connectivity index (χ2v) is 2.38. The number of nitrogens with one attached hydrogen (secondary N) is 2. The molecule has 0 saturated heterocycles. The van der Waals surface area contributed by atoms with Crippen molar-refractivity contribution in [3.63, 3.8) is 0 Å². The van der Waals surface area contributed by atoms with Crippen molar-refractivity contribution < 1.29 is 0 Å². The van der Waals surface area contributed by atoms with Crippen LogP contribution in [0.5, 0.6) is 0 Å². The van der Waals surface area contributed by atoms with Crippen LogP contribution in [0.2, 0.25) is 0 Å². The predicted molar refractivity (Wildman–Crippen MR) is 43.8 cm³/mol. The first kappa shape index (κ1) is 7.30. The third-order valence-electron chi connectivity index (χ3n) is 1.08. The van der Waals surface area contributed by atoms with Crippen LogP contribution in [0.25, 0.3) is 0 Å². The molecule has 0 atom stereocenters. The molecule has 0 aromatic carbocycles. The second kappa shape index (κ2) is 3.38. The maximum atomic E-state index is 5.24. The molecule has 1 rings (SSSR count). The summed E-state index contributed by atoms with van der Waals surface area (Å²) in [5.41, 5.74) is 8.02. The fraction of sp³-hybridized carbons (Fsp3) is 0.400. The van der Waals surface area contributed by atoms with Gasteiger partial charge in [-0.15, -0.1) is 0 Å². The van der Waals surface area contributed by atoms with E-state index in [-0.39, 0.29) is 5.11 Å². The first-order valence-electron chi connectivity index (χ1n) is 2.99. The molecule has 0 fully saturated rings. The van der Waals surface area contributed by atoms with Crippen LogP contribution in [0.1, 0.15) is 0 Å². The van der Waals surface area contributed by atoms with E-state index in [2.05, 4.69) is 23.0 Å². The zero-order valence-electron chi connectivity index (χ0n) is 5.50. The zero-order valence-corrected chi connectivity index (χ0v) is 6.32. The number of hydrogen-bond donors (Lipinski definition) is 3. The molecule has 1 aliphatic heterocycles. The third kappa shape index (κ3) is 2.20. The maximum Gasteiger partial charge on any atom is 0.182 e. The number of thiocarbonyl (C=S) groups is 1. The highest BCUT2D eigenvalue weighted by Gasteiger charge is 2.00. The quantitative estimate of drug-likeness (QED) is 0.432. The van der Waals surface area contributed by atoms with Crippen LogP contribution < -0.4 is 16.5 Å². The van der Waals surface area contributed by atoms with E-state index in [1.54, 1.807) is 5.01 Å². The molecule has 0 spiro atoms. The van der Waals surface area contributed by atoms with E-state index in [1.807, 2.05) is 12.3 Å². The molecule has 5 heteroatoms. The van der Waals surface area contributed by atoms with E-state index in [0.717, 1.165) is 13.2 Å². The van der Waals surface area contributed by atoms with Crippen molar-refractivity contribution in [2.24, 2.45) is 5.73 Å². The fourth-order valence-corrected chi connectivity index (χ4v) is 0.837. The molecule has 0 aromatic heterocycles. The summed E-state index contributed by atoms with van der Waals surface area (Å²) in [6.45, 7) is 1.63. The molecule has 0 saturated carbocycles. The Morgan fingerprint density at radius 3 is 3.10 bits per heavy atom. The predicted octanol–water partition coefficient (Wildman–Crippen LogP) is -0.889. The Hall–Kier alpha value is -0.810. The lowest BCUT2D eigenvalue weighted by atomic mass is 10.5. The SMILES string of the molecule is NC(=S)NN1C=CCNC1. The van der Waals surface area contributed by atoms with Crippen molar-refractivity contribution in [2.75, 3.05) is 13.2 Å². The number of nitrogens with zero attached hydrogens (tertiary/aromatic N) is 1. The minimum atomic E-state index is 0.286. The highest BCUT2D eigenvalue weighted by atomic mass is 32.1. The summed E-state index contributed by atoms with van der Waals surface area (Å²) in [5.74, 6) is 0. The summed E-state index contributed by atoms with van der Waals surface area (Å²) in [4.78, 5) is 0. The van der Waals surface area contributed by atoms with Gasteiger partial charge < -0.3 is 5.73 Å². The van der Waals surface area contributed by atoms with Gasteiger partial charge in [-0.2, -0.15) is 0 Å². The normalized spacial score (nSPS) is 17.0. The van der Waals surface area contributed by atoms with Gasteiger partial charge in [0.15, 0.2) is 5.11 Å². The van der Waals surface area contributed by atoms with E-state index in [0.29, 0.717) is 0 Å². The zero-order chi connectivity index (χ0) is 7.40. The Kier molecular flexibility index (Phi) is 2.47. The van der Waals surface area contributed by atoms with Gasteiger partial charge in [0.25, 0.3) is 0 Å². The van der Waals surface area contributed by atoms with Crippen molar-refractivity contribution in [1.82, 2.24) is 15.8 Å². The molecule has 0 bridgehead atoms. The Balaban J connectivity index is 2.33. The lowest BCUT2D eigenvalue weighted by molar-refractivity contribution is 0.298. The minimum absolute atomic E-state index is 0.286. The summed E-state index contributed by atoms with van der Waals surface area (Å²) in [6.07, 6.45) is 3.88.